The van der Waals surface area contributed by atoms with Crippen LogP contribution in [0.3, 0.4) is 0 Å². The molecule has 0 radical (unpaired) electrons. The number of halogens is 1. The fourth-order valence-electron chi connectivity index (χ4n) is 4.31. The Labute approximate surface area is 155 Å². The summed E-state index contributed by atoms with van der Waals surface area (Å²) in [4.78, 5) is 0. The van der Waals surface area contributed by atoms with Gasteiger partial charge < -0.3 is 0 Å². The van der Waals surface area contributed by atoms with Crippen LogP contribution >= 0.6 is 17.2 Å². The molecule has 1 saturated heterocycles. The van der Waals surface area contributed by atoms with Crippen molar-refractivity contribution < 1.29 is 10.2 Å². The zero-order valence-corrected chi connectivity index (χ0v) is 17.8. The van der Waals surface area contributed by atoms with Crippen molar-refractivity contribution in [1.29, 1.82) is 0 Å². The van der Waals surface area contributed by atoms with Crippen molar-refractivity contribution in [3.05, 3.63) is 0 Å². The molecule has 0 aromatic carbocycles. The monoisotopic (exact) mass is 380 g/mol. The minimum absolute atomic E-state index is 0.432. The summed E-state index contributed by atoms with van der Waals surface area (Å²) >= 11 is 7.24. The van der Waals surface area contributed by atoms with Crippen molar-refractivity contribution in [2.24, 2.45) is 0 Å². The van der Waals surface area contributed by atoms with E-state index < -0.39 is 17.6 Å². The van der Waals surface area contributed by atoms with Gasteiger partial charge in [-0.05, 0) is 0 Å². The van der Waals surface area contributed by atoms with E-state index >= 15 is 0 Å². The molecule has 0 spiro atoms. The van der Waals surface area contributed by atoms with Gasteiger partial charge in [-0.1, -0.05) is 0 Å². The fraction of sp³-hybridized carbons (Fsp3) is 1.00. The molecule has 4 heteroatoms. The van der Waals surface area contributed by atoms with E-state index in [1.54, 1.807) is 0 Å². The third kappa shape index (κ3) is 6.11. The van der Waals surface area contributed by atoms with Crippen LogP contribution in [0.4, 0.5) is 0 Å². The maximum atomic E-state index is 10.7. The van der Waals surface area contributed by atoms with Gasteiger partial charge in [0.05, 0.1) is 0 Å². The molecule has 1 fully saturated rings. The van der Waals surface area contributed by atoms with Crippen LogP contribution in [0.15, 0.2) is 0 Å². The summed E-state index contributed by atoms with van der Waals surface area (Å²) < 4.78 is 0. The minimum atomic E-state index is -2.88. The summed E-state index contributed by atoms with van der Waals surface area (Å²) in [6, 6.07) is 0. The van der Waals surface area contributed by atoms with Crippen LogP contribution in [-0.2, 0) is 0 Å². The summed E-state index contributed by atoms with van der Waals surface area (Å²) in [6.07, 6.45) is 18.0. The molecule has 1 aliphatic rings. The molecule has 24 heavy (non-hydrogen) atoms. The van der Waals surface area contributed by atoms with Crippen molar-refractivity contribution in [1.82, 2.24) is 0 Å². The van der Waals surface area contributed by atoms with E-state index in [-0.39, 0.29) is 0 Å². The molecular weight excluding hydrogens is 339 g/mol. The first kappa shape index (κ1) is 22.7. The van der Waals surface area contributed by atoms with Gasteiger partial charge >= 0.3 is 155 Å². The molecule has 0 aromatic rings. The summed E-state index contributed by atoms with van der Waals surface area (Å²) in [5, 5.41) is 21.4. The van der Waals surface area contributed by atoms with Gasteiger partial charge in [-0.2, -0.15) is 0 Å². The molecular formula is C20H42ClO2P. The van der Waals surface area contributed by atoms with E-state index in [0.29, 0.717) is 12.8 Å². The zero-order chi connectivity index (χ0) is 17.9. The normalized spacial score (nSPS) is 27.0. The molecule has 0 saturated carbocycles. The van der Waals surface area contributed by atoms with E-state index in [0.717, 1.165) is 25.2 Å². The summed E-state index contributed by atoms with van der Waals surface area (Å²) in [7, 11) is 0. The molecule has 0 aromatic heterocycles. The summed E-state index contributed by atoms with van der Waals surface area (Å²) in [6.45, 7) is 4.47. The molecule has 0 bridgehead atoms. The van der Waals surface area contributed by atoms with Crippen LogP contribution in [0.5, 0.6) is 0 Å². The van der Waals surface area contributed by atoms with E-state index in [1.165, 1.54) is 64.2 Å². The number of aliphatic hydroxyl groups excluding tert-OH is 2. The SMILES string of the molecule is CCCCCCCCP1(Cl)(CCCCCCCC)C(O)CCC1O. The second-order valence-electron chi connectivity index (χ2n) is 8.06. The van der Waals surface area contributed by atoms with Gasteiger partial charge in [-0.15, -0.1) is 0 Å². The number of rotatable bonds is 14. The number of aliphatic hydroxyl groups is 2. The van der Waals surface area contributed by atoms with Crippen molar-refractivity contribution in [2.75, 3.05) is 12.3 Å². The van der Waals surface area contributed by atoms with Gasteiger partial charge in [0.25, 0.3) is 0 Å². The summed E-state index contributed by atoms with van der Waals surface area (Å²) in [5.74, 6) is -3.75. The second kappa shape index (κ2) is 11.4. The predicted molar refractivity (Wildman–Crippen MR) is 111 cm³/mol. The number of hydrogen-bond acceptors (Lipinski definition) is 2. The first-order chi connectivity index (χ1) is 11.5. The first-order valence-corrected chi connectivity index (χ1v) is 14.2. The van der Waals surface area contributed by atoms with Crippen LogP contribution in [0.1, 0.15) is 104 Å². The Morgan fingerprint density at radius 2 is 1.00 bits per heavy atom. The van der Waals surface area contributed by atoms with Crippen LogP contribution in [0.25, 0.3) is 0 Å². The Balaban J connectivity index is 2.49. The van der Waals surface area contributed by atoms with Gasteiger partial charge in [0.15, 0.2) is 0 Å². The van der Waals surface area contributed by atoms with E-state index in [2.05, 4.69) is 13.8 Å². The average molecular weight is 381 g/mol. The van der Waals surface area contributed by atoms with E-state index in [1.807, 2.05) is 0 Å². The Kier molecular flexibility index (Phi) is 10.7. The van der Waals surface area contributed by atoms with Gasteiger partial charge in [0.1, 0.15) is 0 Å². The second-order valence-corrected chi connectivity index (χ2v) is 15.8. The van der Waals surface area contributed by atoms with Gasteiger partial charge in [-0.3, -0.25) is 0 Å². The van der Waals surface area contributed by atoms with Crippen molar-refractivity contribution >= 4 is 17.2 Å². The molecule has 2 N–H and O–H groups in total. The zero-order valence-electron chi connectivity index (χ0n) is 16.2. The van der Waals surface area contributed by atoms with Gasteiger partial charge in [-0.25, -0.2) is 0 Å². The molecule has 146 valence electrons. The molecule has 0 amide bonds. The van der Waals surface area contributed by atoms with Crippen LogP contribution in [0, 0.1) is 0 Å². The first-order valence-electron chi connectivity index (χ1n) is 10.6. The Bertz CT molecular complexity index is 308. The molecule has 1 aliphatic heterocycles. The Morgan fingerprint density at radius 3 is 1.38 bits per heavy atom. The Morgan fingerprint density at radius 1 is 0.667 bits per heavy atom. The number of unbranched alkanes of at least 4 members (excludes halogenated alkanes) is 10. The van der Waals surface area contributed by atoms with Crippen LogP contribution < -0.4 is 0 Å². The topological polar surface area (TPSA) is 40.5 Å². The molecule has 1 rings (SSSR count). The van der Waals surface area contributed by atoms with Crippen molar-refractivity contribution in [3.63, 3.8) is 0 Å². The van der Waals surface area contributed by atoms with Gasteiger partial charge in [0, 0.05) is 0 Å². The van der Waals surface area contributed by atoms with Crippen molar-refractivity contribution in [3.8, 4) is 0 Å². The summed E-state index contributed by atoms with van der Waals surface area (Å²) in [5.41, 5.74) is 0. The van der Waals surface area contributed by atoms with Gasteiger partial charge in [0.2, 0.25) is 0 Å². The standard InChI is InChI=1S/C20H42ClO2P/c1-3-5-7-9-11-13-17-24(21,19(22)15-16-20(24)23)18-14-12-10-8-6-4-2/h19-20,22-23H,3-18H2,1-2H3. The average Bonchev–Trinajstić information content (AvgIpc) is 2.80. The third-order valence-electron chi connectivity index (χ3n) is 6.12. The number of hydrogen-bond donors (Lipinski definition) is 2. The van der Waals surface area contributed by atoms with E-state index in [9.17, 15) is 10.2 Å². The van der Waals surface area contributed by atoms with Crippen LogP contribution in [0.2, 0.25) is 0 Å². The molecule has 0 aliphatic carbocycles. The third-order valence-corrected chi connectivity index (χ3v) is 14.5. The predicted octanol–water partition coefficient (Wildman–Crippen LogP) is 6.85. The molecule has 2 atom stereocenters. The quantitative estimate of drug-likeness (QED) is 0.255. The van der Waals surface area contributed by atoms with Crippen molar-refractivity contribution in [2.45, 2.75) is 115 Å². The Hall–Kier alpha value is 0.640. The van der Waals surface area contributed by atoms with E-state index in [4.69, 9.17) is 11.2 Å². The molecule has 2 nitrogen and oxygen atoms in total. The molecule has 1 heterocycles. The maximum absolute atomic E-state index is 10.7. The fourth-order valence-corrected chi connectivity index (χ4v) is 10.8. The molecule has 2 unspecified atom stereocenters. The van der Waals surface area contributed by atoms with Crippen LogP contribution in [-0.4, -0.2) is 34.2 Å².